The number of furan rings is 1. The number of amides is 3. The average molecular weight is 462 g/mol. The van der Waals surface area contributed by atoms with E-state index in [0.29, 0.717) is 48.4 Å². The molecule has 1 atom stereocenters. The summed E-state index contributed by atoms with van der Waals surface area (Å²) in [4.78, 5) is 43.2. The van der Waals surface area contributed by atoms with Gasteiger partial charge in [-0.1, -0.05) is 11.6 Å². The number of piperazine rings is 1. The number of hydrogen-bond donors (Lipinski definition) is 0. The molecule has 0 N–H and O–H groups in total. The van der Waals surface area contributed by atoms with Crippen molar-refractivity contribution in [2.45, 2.75) is 6.42 Å². The maximum absolute atomic E-state index is 13.1. The highest BCUT2D eigenvalue weighted by Crippen LogP contribution is 2.40. The molecule has 0 saturated carbocycles. The zero-order valence-electron chi connectivity index (χ0n) is 17.9. The zero-order chi connectivity index (χ0) is 22.8. The number of hydrogen-bond acceptors (Lipinski definition) is 6. The minimum absolute atomic E-state index is 0.0930. The van der Waals surface area contributed by atoms with Crippen LogP contribution < -0.4 is 14.4 Å². The molecule has 1 aromatic heterocycles. The fourth-order valence-corrected chi connectivity index (χ4v) is 4.34. The summed E-state index contributed by atoms with van der Waals surface area (Å²) in [7, 11) is 3.00. The summed E-state index contributed by atoms with van der Waals surface area (Å²) in [6.07, 6.45) is 1.57. The number of benzene rings is 1. The smallest absolute Gasteiger partial charge is 0.289 e. The minimum Gasteiger partial charge on any atom is -0.495 e. The Bertz CT molecular complexity index is 1020. The van der Waals surface area contributed by atoms with Crippen LogP contribution in [-0.2, 0) is 9.59 Å². The molecular formula is C22H24ClN3O6. The number of methoxy groups -OCH3 is 2. The maximum Gasteiger partial charge on any atom is 0.289 e. The summed E-state index contributed by atoms with van der Waals surface area (Å²) in [6.45, 7) is 1.89. The summed E-state index contributed by atoms with van der Waals surface area (Å²) in [5.74, 6) is 0.243. The summed E-state index contributed by atoms with van der Waals surface area (Å²) in [5, 5.41) is 0.350. The second kappa shape index (κ2) is 9.12. The van der Waals surface area contributed by atoms with Crippen molar-refractivity contribution in [1.82, 2.24) is 9.80 Å². The zero-order valence-corrected chi connectivity index (χ0v) is 18.6. The van der Waals surface area contributed by atoms with Crippen molar-refractivity contribution in [3.8, 4) is 11.5 Å². The van der Waals surface area contributed by atoms with Gasteiger partial charge in [-0.05, 0) is 18.2 Å². The van der Waals surface area contributed by atoms with Gasteiger partial charge < -0.3 is 28.6 Å². The first-order valence-electron chi connectivity index (χ1n) is 10.3. The Kier molecular flexibility index (Phi) is 6.27. The lowest BCUT2D eigenvalue weighted by Gasteiger charge is -2.35. The normalized spacial score (nSPS) is 18.8. The van der Waals surface area contributed by atoms with Crippen molar-refractivity contribution in [2.75, 3.05) is 51.8 Å². The predicted molar refractivity (Wildman–Crippen MR) is 116 cm³/mol. The van der Waals surface area contributed by atoms with Crippen molar-refractivity contribution in [2.24, 2.45) is 5.92 Å². The molecule has 4 rings (SSSR count). The number of halogens is 1. The Morgan fingerprint density at radius 2 is 1.75 bits per heavy atom. The number of rotatable bonds is 5. The number of carbonyl (C=O) groups is 3. The van der Waals surface area contributed by atoms with E-state index in [-0.39, 0.29) is 36.4 Å². The molecule has 32 heavy (non-hydrogen) atoms. The molecule has 0 spiro atoms. The fourth-order valence-electron chi connectivity index (χ4n) is 4.11. The lowest BCUT2D eigenvalue weighted by atomic mass is 10.1. The lowest BCUT2D eigenvalue weighted by Crippen LogP contribution is -2.52. The second-order valence-electron chi connectivity index (χ2n) is 7.66. The van der Waals surface area contributed by atoms with Crippen LogP contribution in [0.4, 0.5) is 5.69 Å². The van der Waals surface area contributed by atoms with Gasteiger partial charge >= 0.3 is 0 Å². The quantitative estimate of drug-likeness (QED) is 0.678. The van der Waals surface area contributed by atoms with Gasteiger partial charge in [0.1, 0.15) is 11.5 Å². The molecule has 170 valence electrons. The molecule has 0 bridgehead atoms. The van der Waals surface area contributed by atoms with E-state index in [4.69, 9.17) is 25.5 Å². The molecule has 3 amide bonds. The third-order valence-electron chi connectivity index (χ3n) is 5.83. The van der Waals surface area contributed by atoms with E-state index in [9.17, 15) is 14.4 Å². The van der Waals surface area contributed by atoms with Gasteiger partial charge in [0.25, 0.3) is 5.91 Å². The van der Waals surface area contributed by atoms with Crippen LogP contribution >= 0.6 is 11.6 Å². The third-order valence-corrected chi connectivity index (χ3v) is 6.12. The van der Waals surface area contributed by atoms with E-state index in [1.165, 1.54) is 25.4 Å². The second-order valence-corrected chi connectivity index (χ2v) is 8.07. The van der Waals surface area contributed by atoms with E-state index < -0.39 is 5.92 Å². The highest BCUT2D eigenvalue weighted by atomic mass is 35.5. The number of carbonyl (C=O) groups excluding carboxylic acids is 3. The van der Waals surface area contributed by atoms with Crippen LogP contribution in [0.2, 0.25) is 5.02 Å². The SMILES string of the molecule is COc1cc(OC)c(N2C[C@H](C(=O)N3CCN(C(=O)c4ccco4)CC3)CC2=O)cc1Cl. The average Bonchev–Trinajstić information content (AvgIpc) is 3.48. The van der Waals surface area contributed by atoms with Crippen molar-refractivity contribution in [3.05, 3.63) is 41.3 Å². The summed E-state index contributed by atoms with van der Waals surface area (Å²) in [5.41, 5.74) is 0.507. The third kappa shape index (κ3) is 4.12. The molecule has 1 aromatic carbocycles. The standard InChI is InChI=1S/C22H24ClN3O6/c1-30-18-12-19(31-2)16(11-15(18)23)26-13-14(10-20(26)27)21(28)24-5-7-25(8-6-24)22(29)17-4-3-9-32-17/h3-4,9,11-12,14H,5-8,10,13H2,1-2H3/t14-/m1/s1. The van der Waals surface area contributed by atoms with Crippen molar-refractivity contribution in [1.29, 1.82) is 0 Å². The van der Waals surface area contributed by atoms with Crippen LogP contribution in [0, 0.1) is 5.92 Å². The van der Waals surface area contributed by atoms with E-state index in [0.717, 1.165) is 0 Å². The predicted octanol–water partition coefficient (Wildman–Crippen LogP) is 2.29. The summed E-state index contributed by atoms with van der Waals surface area (Å²) in [6, 6.07) is 6.53. The van der Waals surface area contributed by atoms with Crippen molar-refractivity contribution in [3.63, 3.8) is 0 Å². The maximum atomic E-state index is 13.1. The number of ether oxygens (including phenoxy) is 2. The monoisotopic (exact) mass is 461 g/mol. The van der Waals surface area contributed by atoms with Gasteiger partial charge in [-0.3, -0.25) is 14.4 Å². The molecule has 0 aliphatic carbocycles. The Labute approximate surface area is 190 Å². The summed E-state index contributed by atoms with van der Waals surface area (Å²) < 4.78 is 15.8. The van der Waals surface area contributed by atoms with Gasteiger partial charge in [0.15, 0.2) is 5.76 Å². The first kappa shape index (κ1) is 22.0. The molecule has 2 aromatic rings. The Balaban J connectivity index is 1.41. The molecule has 0 unspecified atom stereocenters. The lowest BCUT2D eigenvalue weighted by molar-refractivity contribution is -0.137. The van der Waals surface area contributed by atoms with Crippen LogP contribution in [0.5, 0.6) is 11.5 Å². The van der Waals surface area contributed by atoms with Gasteiger partial charge in [-0.15, -0.1) is 0 Å². The molecule has 2 aliphatic rings. The molecule has 2 saturated heterocycles. The molecule has 10 heteroatoms. The van der Waals surface area contributed by atoms with Crippen molar-refractivity contribution < 1.29 is 28.3 Å². The van der Waals surface area contributed by atoms with Gasteiger partial charge in [0.05, 0.1) is 37.1 Å². The van der Waals surface area contributed by atoms with Crippen LogP contribution in [0.15, 0.2) is 34.9 Å². The Morgan fingerprint density at radius 1 is 1.06 bits per heavy atom. The van der Waals surface area contributed by atoms with Gasteiger partial charge in [0.2, 0.25) is 11.8 Å². The molecule has 0 radical (unpaired) electrons. The van der Waals surface area contributed by atoms with E-state index in [1.54, 1.807) is 34.1 Å². The van der Waals surface area contributed by atoms with Crippen LogP contribution in [0.25, 0.3) is 0 Å². The highest BCUT2D eigenvalue weighted by Gasteiger charge is 2.39. The molecule has 9 nitrogen and oxygen atoms in total. The molecule has 3 heterocycles. The Hall–Kier alpha value is -3.20. The number of anilines is 1. The Morgan fingerprint density at radius 3 is 2.38 bits per heavy atom. The number of nitrogens with zero attached hydrogens (tertiary/aromatic N) is 3. The summed E-state index contributed by atoms with van der Waals surface area (Å²) >= 11 is 6.25. The molecular weight excluding hydrogens is 438 g/mol. The van der Waals surface area contributed by atoms with Crippen molar-refractivity contribution >= 4 is 35.0 Å². The van der Waals surface area contributed by atoms with E-state index in [2.05, 4.69) is 0 Å². The topological polar surface area (TPSA) is 92.5 Å². The molecule has 2 fully saturated rings. The fraction of sp³-hybridized carbons (Fsp3) is 0.409. The van der Waals surface area contributed by atoms with Crippen LogP contribution in [0.3, 0.4) is 0 Å². The first-order valence-corrected chi connectivity index (χ1v) is 10.6. The van der Waals surface area contributed by atoms with Gasteiger partial charge in [-0.2, -0.15) is 0 Å². The van der Waals surface area contributed by atoms with Gasteiger partial charge in [0, 0.05) is 45.2 Å². The van der Waals surface area contributed by atoms with E-state index in [1.807, 2.05) is 0 Å². The van der Waals surface area contributed by atoms with Crippen LogP contribution in [0.1, 0.15) is 17.0 Å². The molecule has 2 aliphatic heterocycles. The van der Waals surface area contributed by atoms with Crippen LogP contribution in [-0.4, -0.2) is 74.5 Å². The van der Waals surface area contributed by atoms with Gasteiger partial charge in [-0.25, -0.2) is 0 Å². The highest BCUT2D eigenvalue weighted by molar-refractivity contribution is 6.32. The largest absolute Gasteiger partial charge is 0.495 e. The first-order chi connectivity index (χ1) is 15.4. The minimum atomic E-state index is -0.472. The van der Waals surface area contributed by atoms with E-state index >= 15 is 0 Å².